The standard InChI is InChI=1S/C18H24N6O3/c1-26-17-20-16(21-18(22-17)27-2)24-11-10-23(14(12-24)15(19)25)9-8-13-6-4-3-5-7-13/h3-7,14H,8-12H2,1-2H3,(H2,19,25). The van der Waals surface area contributed by atoms with Crippen LogP contribution in [0.15, 0.2) is 30.3 Å². The predicted octanol–water partition coefficient (Wildman–Crippen LogP) is 0.107. The van der Waals surface area contributed by atoms with Gasteiger partial charge in [0.15, 0.2) is 0 Å². The van der Waals surface area contributed by atoms with Crippen molar-refractivity contribution in [3.8, 4) is 12.0 Å². The van der Waals surface area contributed by atoms with Gasteiger partial charge in [0.05, 0.1) is 14.2 Å². The van der Waals surface area contributed by atoms with Crippen LogP contribution in [0.1, 0.15) is 5.56 Å². The van der Waals surface area contributed by atoms with E-state index in [1.54, 1.807) is 0 Å². The summed E-state index contributed by atoms with van der Waals surface area (Å²) in [4.78, 5) is 28.6. The summed E-state index contributed by atoms with van der Waals surface area (Å²) in [5.74, 6) is 0.0495. The minimum Gasteiger partial charge on any atom is -0.467 e. The Balaban J connectivity index is 1.71. The third kappa shape index (κ3) is 4.62. The Morgan fingerprint density at radius 1 is 1.11 bits per heavy atom. The molecule has 1 aromatic carbocycles. The van der Waals surface area contributed by atoms with Crippen LogP contribution < -0.4 is 20.1 Å². The number of hydrogen-bond donors (Lipinski definition) is 1. The number of amides is 1. The molecule has 2 heterocycles. The van der Waals surface area contributed by atoms with E-state index >= 15 is 0 Å². The van der Waals surface area contributed by atoms with Crippen molar-refractivity contribution in [1.82, 2.24) is 19.9 Å². The molecule has 144 valence electrons. The lowest BCUT2D eigenvalue weighted by atomic mass is 10.1. The molecule has 1 unspecified atom stereocenters. The van der Waals surface area contributed by atoms with Crippen LogP contribution in [0.25, 0.3) is 0 Å². The van der Waals surface area contributed by atoms with Gasteiger partial charge in [-0.15, -0.1) is 4.98 Å². The third-order valence-electron chi connectivity index (χ3n) is 4.58. The lowest BCUT2D eigenvalue weighted by Crippen LogP contribution is -2.59. The Labute approximate surface area is 158 Å². The van der Waals surface area contributed by atoms with E-state index in [-0.39, 0.29) is 17.9 Å². The van der Waals surface area contributed by atoms with Crippen LogP contribution in [0.2, 0.25) is 0 Å². The molecule has 0 bridgehead atoms. The van der Waals surface area contributed by atoms with Crippen LogP contribution in [-0.2, 0) is 11.2 Å². The number of rotatable bonds is 7. The summed E-state index contributed by atoms with van der Waals surface area (Å²) < 4.78 is 10.2. The van der Waals surface area contributed by atoms with Gasteiger partial charge in [-0.25, -0.2) is 0 Å². The summed E-state index contributed by atoms with van der Waals surface area (Å²) in [6, 6.07) is 10.1. The molecule has 1 fully saturated rings. The molecule has 1 aliphatic rings. The number of nitrogens with two attached hydrogens (primary N) is 1. The molecule has 1 amide bonds. The van der Waals surface area contributed by atoms with Crippen molar-refractivity contribution in [2.24, 2.45) is 5.73 Å². The minimum atomic E-state index is -0.420. The third-order valence-corrected chi connectivity index (χ3v) is 4.58. The number of benzene rings is 1. The quantitative estimate of drug-likeness (QED) is 0.730. The van der Waals surface area contributed by atoms with Crippen LogP contribution in [0.4, 0.5) is 5.95 Å². The Morgan fingerprint density at radius 2 is 1.78 bits per heavy atom. The Bertz CT molecular complexity index is 751. The van der Waals surface area contributed by atoms with E-state index in [4.69, 9.17) is 15.2 Å². The zero-order valence-electron chi connectivity index (χ0n) is 15.5. The van der Waals surface area contributed by atoms with Gasteiger partial charge in [-0.2, -0.15) is 9.97 Å². The number of hydrogen-bond acceptors (Lipinski definition) is 8. The number of methoxy groups -OCH3 is 2. The second-order valence-corrected chi connectivity index (χ2v) is 6.24. The summed E-state index contributed by atoms with van der Waals surface area (Å²) in [5, 5.41) is 0. The number of carbonyl (C=O) groups is 1. The van der Waals surface area contributed by atoms with Crippen molar-refractivity contribution in [2.45, 2.75) is 12.5 Å². The highest BCUT2D eigenvalue weighted by atomic mass is 16.5. The van der Waals surface area contributed by atoms with E-state index in [2.05, 4.69) is 32.0 Å². The topological polar surface area (TPSA) is 107 Å². The van der Waals surface area contributed by atoms with Crippen molar-refractivity contribution in [3.05, 3.63) is 35.9 Å². The molecule has 9 heteroatoms. The highest BCUT2D eigenvalue weighted by molar-refractivity contribution is 5.80. The molecule has 3 rings (SSSR count). The monoisotopic (exact) mass is 372 g/mol. The lowest BCUT2D eigenvalue weighted by molar-refractivity contribution is -0.123. The van der Waals surface area contributed by atoms with E-state index < -0.39 is 6.04 Å². The highest BCUT2D eigenvalue weighted by Gasteiger charge is 2.32. The van der Waals surface area contributed by atoms with Crippen LogP contribution in [0.3, 0.4) is 0 Å². The van der Waals surface area contributed by atoms with Crippen LogP contribution in [0.5, 0.6) is 12.0 Å². The van der Waals surface area contributed by atoms with E-state index in [1.165, 1.54) is 19.8 Å². The van der Waals surface area contributed by atoms with Gasteiger partial charge in [0.1, 0.15) is 6.04 Å². The number of piperazine rings is 1. The zero-order chi connectivity index (χ0) is 19.2. The molecule has 9 nitrogen and oxygen atoms in total. The Kier molecular flexibility index (Phi) is 6.02. The highest BCUT2D eigenvalue weighted by Crippen LogP contribution is 2.20. The largest absolute Gasteiger partial charge is 0.467 e. The SMILES string of the molecule is COc1nc(OC)nc(N2CCN(CCc3ccccc3)C(C(N)=O)C2)n1. The van der Waals surface area contributed by atoms with Gasteiger partial charge in [-0.3, -0.25) is 9.69 Å². The summed E-state index contributed by atoms with van der Waals surface area (Å²) in [7, 11) is 2.96. The fraction of sp³-hybridized carbons (Fsp3) is 0.444. The first kappa shape index (κ1) is 18.8. The van der Waals surface area contributed by atoms with Crippen molar-refractivity contribution in [3.63, 3.8) is 0 Å². The second kappa shape index (κ2) is 8.63. The van der Waals surface area contributed by atoms with Crippen LogP contribution in [-0.4, -0.2) is 72.2 Å². The first-order valence-corrected chi connectivity index (χ1v) is 8.77. The van der Waals surface area contributed by atoms with Gasteiger partial charge in [-0.1, -0.05) is 30.3 Å². The van der Waals surface area contributed by atoms with Gasteiger partial charge >= 0.3 is 12.0 Å². The van der Waals surface area contributed by atoms with E-state index in [1.807, 2.05) is 23.1 Å². The molecular formula is C18H24N6O3. The van der Waals surface area contributed by atoms with E-state index in [0.717, 1.165) is 13.0 Å². The van der Waals surface area contributed by atoms with Gasteiger partial charge < -0.3 is 20.1 Å². The number of carbonyl (C=O) groups excluding carboxylic acids is 1. The molecule has 0 spiro atoms. The predicted molar refractivity (Wildman–Crippen MR) is 99.8 cm³/mol. The zero-order valence-corrected chi connectivity index (χ0v) is 15.5. The number of nitrogens with zero attached hydrogens (tertiary/aromatic N) is 5. The Morgan fingerprint density at radius 3 is 2.37 bits per heavy atom. The maximum Gasteiger partial charge on any atom is 0.324 e. The first-order valence-electron chi connectivity index (χ1n) is 8.77. The second-order valence-electron chi connectivity index (χ2n) is 6.24. The van der Waals surface area contributed by atoms with Gasteiger partial charge in [0, 0.05) is 26.2 Å². The smallest absolute Gasteiger partial charge is 0.324 e. The molecule has 2 N–H and O–H groups in total. The van der Waals surface area contributed by atoms with E-state index in [9.17, 15) is 4.79 Å². The molecule has 0 radical (unpaired) electrons. The van der Waals surface area contributed by atoms with Crippen molar-refractivity contribution in [1.29, 1.82) is 0 Å². The first-order chi connectivity index (χ1) is 13.1. The van der Waals surface area contributed by atoms with E-state index in [0.29, 0.717) is 25.6 Å². The molecule has 1 aromatic heterocycles. The van der Waals surface area contributed by atoms with Crippen LogP contribution in [0, 0.1) is 0 Å². The number of aromatic nitrogens is 3. The Hall–Kier alpha value is -2.94. The molecular weight excluding hydrogens is 348 g/mol. The fourth-order valence-electron chi connectivity index (χ4n) is 3.11. The summed E-state index contributed by atoms with van der Waals surface area (Å²) in [5.41, 5.74) is 6.90. The maximum atomic E-state index is 12.1. The van der Waals surface area contributed by atoms with Crippen LogP contribution >= 0.6 is 0 Å². The van der Waals surface area contributed by atoms with Crippen molar-refractivity contribution < 1.29 is 14.3 Å². The van der Waals surface area contributed by atoms with Crippen molar-refractivity contribution in [2.75, 3.05) is 45.3 Å². The minimum absolute atomic E-state index is 0.166. The van der Waals surface area contributed by atoms with Gasteiger partial charge in [0.25, 0.3) is 0 Å². The maximum absolute atomic E-state index is 12.1. The average molecular weight is 372 g/mol. The molecule has 0 saturated carbocycles. The normalized spacial score (nSPS) is 17.6. The molecule has 27 heavy (non-hydrogen) atoms. The molecule has 1 atom stereocenters. The number of ether oxygens (including phenoxy) is 2. The fourth-order valence-corrected chi connectivity index (χ4v) is 3.11. The van der Waals surface area contributed by atoms with Gasteiger partial charge in [-0.05, 0) is 12.0 Å². The van der Waals surface area contributed by atoms with Crippen molar-refractivity contribution >= 4 is 11.9 Å². The number of primary amides is 1. The summed E-state index contributed by atoms with van der Waals surface area (Å²) >= 11 is 0. The molecule has 1 aliphatic heterocycles. The van der Waals surface area contributed by atoms with Gasteiger partial charge in [0.2, 0.25) is 11.9 Å². The lowest BCUT2D eigenvalue weighted by Gasteiger charge is -2.39. The molecule has 1 saturated heterocycles. The molecule has 2 aromatic rings. The summed E-state index contributed by atoms with van der Waals surface area (Å²) in [6.07, 6.45) is 0.859. The average Bonchev–Trinajstić information content (AvgIpc) is 2.72. The summed E-state index contributed by atoms with van der Waals surface area (Å²) in [6.45, 7) is 2.50. The molecule has 0 aliphatic carbocycles. The number of anilines is 1.